The summed E-state index contributed by atoms with van der Waals surface area (Å²) in [6, 6.07) is 10.4. The lowest BCUT2D eigenvalue weighted by Crippen LogP contribution is -2.41. The first kappa shape index (κ1) is 12.8. The van der Waals surface area contributed by atoms with Crippen LogP contribution in [0.5, 0.6) is 0 Å². The summed E-state index contributed by atoms with van der Waals surface area (Å²) in [7, 11) is 1.74. The van der Waals surface area contributed by atoms with Crippen molar-refractivity contribution in [3.05, 3.63) is 36.5 Å². The molecule has 1 atom stereocenters. The number of methoxy groups -OCH3 is 1. The highest BCUT2D eigenvalue weighted by Crippen LogP contribution is 2.24. The van der Waals surface area contributed by atoms with E-state index in [2.05, 4.69) is 49.3 Å². The molecule has 0 bridgehead atoms. The summed E-state index contributed by atoms with van der Waals surface area (Å²) in [5.41, 5.74) is 1.82. The fraction of sp³-hybridized carbons (Fsp3) is 0.400. The number of hydrogen-bond acceptors (Lipinski definition) is 3. The fourth-order valence-electron chi connectivity index (χ4n) is 1.80. The van der Waals surface area contributed by atoms with Gasteiger partial charge in [-0.05, 0) is 32.9 Å². The van der Waals surface area contributed by atoms with E-state index in [1.807, 2.05) is 18.3 Å². The van der Waals surface area contributed by atoms with Crippen LogP contribution in [0.4, 0.5) is 5.69 Å². The van der Waals surface area contributed by atoms with Crippen molar-refractivity contribution in [3.8, 4) is 0 Å². The highest BCUT2D eigenvalue weighted by molar-refractivity contribution is 5.90. The first-order chi connectivity index (χ1) is 8.54. The van der Waals surface area contributed by atoms with Crippen molar-refractivity contribution in [2.45, 2.75) is 32.4 Å². The van der Waals surface area contributed by atoms with E-state index in [-0.39, 0.29) is 11.6 Å². The van der Waals surface area contributed by atoms with E-state index >= 15 is 0 Å². The van der Waals surface area contributed by atoms with E-state index in [9.17, 15) is 0 Å². The van der Waals surface area contributed by atoms with Crippen LogP contribution in [0.25, 0.3) is 10.9 Å². The number of nitrogens with one attached hydrogen (secondary N) is 1. The van der Waals surface area contributed by atoms with Crippen molar-refractivity contribution in [2.24, 2.45) is 0 Å². The third kappa shape index (κ3) is 2.46. The molecule has 3 nitrogen and oxygen atoms in total. The molecule has 1 aromatic heterocycles. The number of rotatable bonds is 4. The van der Waals surface area contributed by atoms with Crippen molar-refractivity contribution in [2.75, 3.05) is 12.4 Å². The van der Waals surface area contributed by atoms with Gasteiger partial charge in [-0.25, -0.2) is 0 Å². The first-order valence-corrected chi connectivity index (χ1v) is 6.20. The molecule has 0 saturated carbocycles. The largest absolute Gasteiger partial charge is 0.378 e. The average Bonchev–Trinajstić information content (AvgIpc) is 2.39. The van der Waals surface area contributed by atoms with Gasteiger partial charge in [0.1, 0.15) is 0 Å². The van der Waals surface area contributed by atoms with E-state index in [1.165, 1.54) is 0 Å². The van der Waals surface area contributed by atoms with Crippen LogP contribution in [0.1, 0.15) is 20.8 Å². The van der Waals surface area contributed by atoms with Gasteiger partial charge < -0.3 is 10.1 Å². The number of anilines is 1. The SMILES string of the molecule is COC(C)(C)C(C)Nc1cccc2cccnc12. The second kappa shape index (κ2) is 4.94. The third-order valence-electron chi connectivity index (χ3n) is 3.57. The number of hydrogen-bond donors (Lipinski definition) is 1. The predicted molar refractivity (Wildman–Crippen MR) is 75.9 cm³/mol. The smallest absolute Gasteiger partial charge is 0.0933 e. The van der Waals surface area contributed by atoms with E-state index in [0.29, 0.717) is 0 Å². The van der Waals surface area contributed by atoms with Crippen LogP contribution in [-0.4, -0.2) is 23.7 Å². The van der Waals surface area contributed by atoms with Gasteiger partial charge >= 0.3 is 0 Å². The Morgan fingerprint density at radius 3 is 2.67 bits per heavy atom. The molecule has 0 aliphatic heterocycles. The minimum atomic E-state index is -0.225. The molecule has 0 aliphatic rings. The average molecular weight is 244 g/mol. The molecule has 1 aromatic carbocycles. The summed E-state index contributed by atoms with van der Waals surface area (Å²) >= 11 is 0. The molecule has 1 N–H and O–H groups in total. The van der Waals surface area contributed by atoms with Gasteiger partial charge in [0, 0.05) is 18.7 Å². The van der Waals surface area contributed by atoms with E-state index in [1.54, 1.807) is 7.11 Å². The summed E-state index contributed by atoms with van der Waals surface area (Å²) in [5.74, 6) is 0. The topological polar surface area (TPSA) is 34.1 Å². The van der Waals surface area contributed by atoms with Crippen LogP contribution in [-0.2, 0) is 4.74 Å². The van der Waals surface area contributed by atoms with Gasteiger partial charge in [0.2, 0.25) is 0 Å². The molecular weight excluding hydrogens is 224 g/mol. The number of para-hydroxylation sites is 1. The number of aromatic nitrogens is 1. The molecule has 3 heteroatoms. The third-order valence-corrected chi connectivity index (χ3v) is 3.57. The van der Waals surface area contributed by atoms with Gasteiger partial charge in [-0.1, -0.05) is 18.2 Å². The van der Waals surface area contributed by atoms with Gasteiger partial charge in [-0.2, -0.15) is 0 Å². The molecule has 1 unspecified atom stereocenters. The predicted octanol–water partition coefficient (Wildman–Crippen LogP) is 3.46. The molecule has 96 valence electrons. The van der Waals surface area contributed by atoms with Crippen LogP contribution < -0.4 is 5.32 Å². The maximum Gasteiger partial charge on any atom is 0.0933 e. The highest BCUT2D eigenvalue weighted by Gasteiger charge is 2.25. The van der Waals surface area contributed by atoms with Crippen LogP contribution in [0.15, 0.2) is 36.5 Å². The summed E-state index contributed by atoms with van der Waals surface area (Å²) in [6.07, 6.45) is 1.82. The maximum absolute atomic E-state index is 5.50. The minimum Gasteiger partial charge on any atom is -0.378 e. The second-order valence-electron chi connectivity index (χ2n) is 5.05. The second-order valence-corrected chi connectivity index (χ2v) is 5.05. The molecule has 0 aliphatic carbocycles. The van der Waals surface area contributed by atoms with Crippen LogP contribution in [0, 0.1) is 0 Å². The quantitative estimate of drug-likeness (QED) is 0.894. The zero-order valence-electron chi connectivity index (χ0n) is 11.4. The molecule has 1 heterocycles. The maximum atomic E-state index is 5.50. The minimum absolute atomic E-state index is 0.190. The zero-order chi connectivity index (χ0) is 13.2. The van der Waals surface area contributed by atoms with Crippen molar-refractivity contribution in [1.29, 1.82) is 0 Å². The standard InChI is InChI=1S/C15H20N2O/c1-11(15(2,3)18-4)17-13-9-5-7-12-8-6-10-16-14(12)13/h5-11,17H,1-4H3. The lowest BCUT2D eigenvalue weighted by molar-refractivity contribution is 0.0108. The Labute approximate surface area is 108 Å². The van der Waals surface area contributed by atoms with Gasteiger partial charge in [-0.15, -0.1) is 0 Å². The lowest BCUT2D eigenvalue weighted by atomic mass is 10.00. The Balaban J connectivity index is 2.32. The summed E-state index contributed by atoms with van der Waals surface area (Å²) in [5, 5.41) is 4.63. The molecule has 0 radical (unpaired) electrons. The van der Waals surface area contributed by atoms with Crippen LogP contribution >= 0.6 is 0 Å². The van der Waals surface area contributed by atoms with Crippen LogP contribution in [0.2, 0.25) is 0 Å². The monoisotopic (exact) mass is 244 g/mol. The molecule has 18 heavy (non-hydrogen) atoms. The van der Waals surface area contributed by atoms with E-state index < -0.39 is 0 Å². The zero-order valence-corrected chi connectivity index (χ0v) is 11.4. The lowest BCUT2D eigenvalue weighted by Gasteiger charge is -2.31. The first-order valence-electron chi connectivity index (χ1n) is 6.20. The number of ether oxygens (including phenoxy) is 1. The molecular formula is C15H20N2O. The molecule has 0 fully saturated rings. The Morgan fingerprint density at radius 2 is 1.94 bits per heavy atom. The van der Waals surface area contributed by atoms with Gasteiger partial charge in [0.15, 0.2) is 0 Å². The van der Waals surface area contributed by atoms with Crippen molar-refractivity contribution in [3.63, 3.8) is 0 Å². The Hall–Kier alpha value is -1.61. The fourth-order valence-corrected chi connectivity index (χ4v) is 1.80. The molecule has 0 spiro atoms. The number of fused-ring (bicyclic) bond motifs is 1. The van der Waals surface area contributed by atoms with Crippen molar-refractivity contribution in [1.82, 2.24) is 4.98 Å². The molecule has 0 amide bonds. The van der Waals surface area contributed by atoms with E-state index in [0.717, 1.165) is 16.6 Å². The summed E-state index contributed by atoms with van der Waals surface area (Å²) in [6.45, 7) is 6.26. The highest BCUT2D eigenvalue weighted by atomic mass is 16.5. The van der Waals surface area contributed by atoms with Crippen molar-refractivity contribution < 1.29 is 4.74 Å². The van der Waals surface area contributed by atoms with E-state index in [4.69, 9.17) is 4.74 Å². The Morgan fingerprint density at radius 1 is 1.22 bits per heavy atom. The molecule has 2 aromatic rings. The Bertz CT molecular complexity index is 532. The summed E-state index contributed by atoms with van der Waals surface area (Å²) < 4.78 is 5.50. The molecule has 2 rings (SSSR count). The Kier molecular flexibility index (Phi) is 3.53. The summed E-state index contributed by atoms with van der Waals surface area (Å²) in [4.78, 5) is 4.44. The normalized spacial score (nSPS) is 13.6. The van der Waals surface area contributed by atoms with Gasteiger partial charge in [0.05, 0.1) is 22.8 Å². The van der Waals surface area contributed by atoms with Crippen LogP contribution in [0.3, 0.4) is 0 Å². The van der Waals surface area contributed by atoms with Crippen molar-refractivity contribution >= 4 is 16.6 Å². The number of pyridine rings is 1. The van der Waals surface area contributed by atoms with Gasteiger partial charge in [0.25, 0.3) is 0 Å². The molecule has 0 saturated heterocycles. The van der Waals surface area contributed by atoms with Gasteiger partial charge in [-0.3, -0.25) is 4.98 Å². The number of benzene rings is 1. The number of nitrogens with zero attached hydrogens (tertiary/aromatic N) is 1.